The van der Waals surface area contributed by atoms with E-state index in [1.54, 1.807) is 13.0 Å². The molecular weight excluding hydrogens is 461 g/mol. The van der Waals surface area contributed by atoms with Crippen LogP contribution < -0.4 is 4.74 Å². The fourth-order valence-corrected chi connectivity index (χ4v) is 4.90. The minimum absolute atomic E-state index is 0.00203. The van der Waals surface area contributed by atoms with E-state index < -0.39 is 12.1 Å². The number of rotatable bonds is 13. The van der Waals surface area contributed by atoms with Gasteiger partial charge in [-0.2, -0.15) is 0 Å². The van der Waals surface area contributed by atoms with Gasteiger partial charge in [-0.3, -0.25) is 9.69 Å². The Bertz CT molecular complexity index is 1010. The monoisotopic (exact) mass is 501 g/mol. The second kappa shape index (κ2) is 13.2. The molecule has 2 N–H and O–H groups in total. The highest BCUT2D eigenvalue weighted by atomic mass is 19.1. The number of benzene rings is 2. The van der Waals surface area contributed by atoms with Crippen LogP contribution in [0.2, 0.25) is 0 Å². The van der Waals surface area contributed by atoms with E-state index >= 15 is 0 Å². The van der Waals surface area contributed by atoms with Crippen LogP contribution in [0.15, 0.2) is 36.4 Å². The van der Waals surface area contributed by atoms with E-state index in [-0.39, 0.29) is 37.1 Å². The van der Waals surface area contributed by atoms with Crippen molar-refractivity contribution in [2.24, 2.45) is 0 Å². The van der Waals surface area contributed by atoms with Crippen molar-refractivity contribution in [2.45, 2.75) is 84.2 Å². The first-order valence-corrected chi connectivity index (χ1v) is 12.9. The zero-order chi connectivity index (χ0) is 26.2. The molecule has 1 saturated heterocycles. The Morgan fingerprint density at radius 2 is 2.00 bits per heavy atom. The van der Waals surface area contributed by atoms with Crippen molar-refractivity contribution in [1.82, 2.24) is 4.90 Å². The second-order valence-corrected chi connectivity index (χ2v) is 10.1. The number of carboxylic acids is 1. The number of aryl methyl sites for hydroxylation is 1. The number of ether oxygens (including phenoxy) is 2. The largest absolute Gasteiger partial charge is 0.491 e. The maximum absolute atomic E-state index is 14.0. The third-order valence-corrected chi connectivity index (χ3v) is 6.75. The Kier molecular flexibility index (Phi) is 10.3. The van der Waals surface area contributed by atoms with Gasteiger partial charge in [0, 0.05) is 24.6 Å². The van der Waals surface area contributed by atoms with E-state index in [0.29, 0.717) is 24.3 Å². The number of hydrogen-bond acceptors (Lipinski definition) is 5. The molecule has 7 heteroatoms. The highest BCUT2D eigenvalue weighted by molar-refractivity contribution is 5.67. The van der Waals surface area contributed by atoms with Crippen LogP contribution in [-0.2, 0) is 22.4 Å². The average molecular weight is 502 g/mol. The summed E-state index contributed by atoms with van der Waals surface area (Å²) in [7, 11) is 0. The molecule has 1 aliphatic heterocycles. The molecule has 1 fully saturated rings. The molecule has 0 radical (unpaired) electrons. The van der Waals surface area contributed by atoms with Crippen LogP contribution in [0.4, 0.5) is 4.39 Å². The number of hydrogen-bond donors (Lipinski definition) is 2. The number of carbonyl (C=O) groups is 1. The molecule has 36 heavy (non-hydrogen) atoms. The molecule has 0 spiro atoms. The van der Waals surface area contributed by atoms with Gasteiger partial charge in [-0.1, -0.05) is 24.3 Å². The molecule has 0 unspecified atom stereocenters. The zero-order valence-corrected chi connectivity index (χ0v) is 21.9. The van der Waals surface area contributed by atoms with Gasteiger partial charge < -0.3 is 19.7 Å². The van der Waals surface area contributed by atoms with Gasteiger partial charge in [0.2, 0.25) is 0 Å². The molecule has 6 nitrogen and oxygen atoms in total. The van der Waals surface area contributed by atoms with E-state index in [1.165, 1.54) is 0 Å². The van der Waals surface area contributed by atoms with Crippen LogP contribution in [0.1, 0.15) is 68.4 Å². The van der Waals surface area contributed by atoms with Crippen LogP contribution in [0, 0.1) is 12.7 Å². The van der Waals surface area contributed by atoms with Gasteiger partial charge in [0.15, 0.2) is 0 Å². The fraction of sp³-hybridized carbons (Fsp3) is 0.552. The number of halogens is 1. The molecule has 1 heterocycles. The third-order valence-electron chi connectivity index (χ3n) is 6.75. The predicted molar refractivity (Wildman–Crippen MR) is 138 cm³/mol. The zero-order valence-electron chi connectivity index (χ0n) is 21.9. The summed E-state index contributed by atoms with van der Waals surface area (Å²) in [6, 6.07) is 11.4. The lowest BCUT2D eigenvalue weighted by Gasteiger charge is -2.28. The van der Waals surface area contributed by atoms with E-state index in [4.69, 9.17) is 9.47 Å². The molecule has 0 amide bonds. The number of likely N-dealkylation sites (tertiary alicyclic amines) is 1. The summed E-state index contributed by atoms with van der Waals surface area (Å²) in [5.74, 6) is -0.366. The summed E-state index contributed by atoms with van der Waals surface area (Å²) >= 11 is 0. The van der Waals surface area contributed by atoms with Gasteiger partial charge in [-0.05, 0) is 88.7 Å². The Morgan fingerprint density at radius 1 is 1.22 bits per heavy atom. The van der Waals surface area contributed by atoms with E-state index in [2.05, 4.69) is 4.90 Å². The molecule has 3 rings (SSSR count). The van der Waals surface area contributed by atoms with Gasteiger partial charge in [0.25, 0.3) is 0 Å². The van der Waals surface area contributed by atoms with Gasteiger partial charge >= 0.3 is 5.97 Å². The summed E-state index contributed by atoms with van der Waals surface area (Å²) in [6.07, 6.45) is 2.15. The maximum Gasteiger partial charge on any atom is 0.303 e. The normalized spacial score (nSPS) is 17.9. The standard InChI is InChI=1S/C29H40FNO5/c1-19(2)36-28-9-5-8-25(26(28)12-13-29(33)34)21(4)35-18-24(32)17-31-14-6-7-23(31)15-22-11-10-20(3)27(30)16-22/h5,8-11,16,19,21,23-24,32H,6-7,12-15,17-18H2,1-4H3,(H,33,34)/t21-,23+,24-/m1/s1. The molecule has 0 aliphatic carbocycles. The topological polar surface area (TPSA) is 79.2 Å². The van der Waals surface area contributed by atoms with Gasteiger partial charge in [0.1, 0.15) is 11.6 Å². The van der Waals surface area contributed by atoms with Gasteiger partial charge in [-0.25, -0.2) is 4.39 Å². The molecule has 1 aliphatic rings. The number of aliphatic hydroxyl groups is 1. The number of nitrogens with zero attached hydrogens (tertiary/aromatic N) is 1. The number of aliphatic carboxylic acids is 1. The first-order chi connectivity index (χ1) is 17.1. The Labute approximate surface area is 214 Å². The average Bonchev–Trinajstić information content (AvgIpc) is 3.24. The molecule has 2 aromatic carbocycles. The van der Waals surface area contributed by atoms with Crippen LogP contribution in [0.25, 0.3) is 0 Å². The summed E-state index contributed by atoms with van der Waals surface area (Å²) in [5.41, 5.74) is 3.34. The first-order valence-electron chi connectivity index (χ1n) is 12.9. The minimum atomic E-state index is -0.863. The van der Waals surface area contributed by atoms with Crippen LogP contribution in [0.3, 0.4) is 0 Å². The van der Waals surface area contributed by atoms with E-state index in [0.717, 1.165) is 42.5 Å². The lowest BCUT2D eigenvalue weighted by Crippen LogP contribution is -2.39. The molecule has 0 saturated carbocycles. The second-order valence-electron chi connectivity index (χ2n) is 10.1. The van der Waals surface area contributed by atoms with Crippen molar-refractivity contribution in [3.63, 3.8) is 0 Å². The molecule has 3 atom stereocenters. The molecular formula is C29H40FNO5. The van der Waals surface area contributed by atoms with Crippen molar-refractivity contribution in [3.8, 4) is 5.75 Å². The van der Waals surface area contributed by atoms with E-state index in [9.17, 15) is 19.4 Å². The first kappa shape index (κ1) is 28.1. The van der Waals surface area contributed by atoms with Crippen molar-refractivity contribution >= 4 is 5.97 Å². The summed E-state index contributed by atoms with van der Waals surface area (Å²) in [5, 5.41) is 20.0. The smallest absolute Gasteiger partial charge is 0.303 e. The highest BCUT2D eigenvalue weighted by Crippen LogP contribution is 2.31. The van der Waals surface area contributed by atoms with Crippen LogP contribution >= 0.6 is 0 Å². The molecule has 0 bridgehead atoms. The van der Waals surface area contributed by atoms with Crippen LogP contribution in [0.5, 0.6) is 5.75 Å². The van der Waals surface area contributed by atoms with Crippen molar-refractivity contribution in [1.29, 1.82) is 0 Å². The molecule has 0 aromatic heterocycles. The van der Waals surface area contributed by atoms with Crippen molar-refractivity contribution < 1.29 is 28.9 Å². The van der Waals surface area contributed by atoms with Crippen molar-refractivity contribution in [3.05, 3.63) is 64.5 Å². The predicted octanol–water partition coefficient (Wildman–Crippen LogP) is 5.08. The highest BCUT2D eigenvalue weighted by Gasteiger charge is 2.27. The van der Waals surface area contributed by atoms with Crippen LogP contribution in [-0.4, -0.2) is 59.0 Å². The Morgan fingerprint density at radius 3 is 2.69 bits per heavy atom. The summed E-state index contributed by atoms with van der Waals surface area (Å²) < 4.78 is 26.0. The fourth-order valence-electron chi connectivity index (χ4n) is 4.90. The lowest BCUT2D eigenvalue weighted by atomic mass is 9.98. The summed E-state index contributed by atoms with van der Waals surface area (Å²) in [6.45, 7) is 9.11. The minimum Gasteiger partial charge on any atom is -0.491 e. The quantitative estimate of drug-likeness (QED) is 0.398. The maximum atomic E-state index is 14.0. The van der Waals surface area contributed by atoms with Gasteiger partial charge in [0.05, 0.1) is 24.9 Å². The number of β-amino-alcohol motifs (C(OH)–C–C–N with tert-alkyl or cyclic N) is 1. The SMILES string of the molecule is Cc1ccc(C[C@@H]2CCCN2C[C@@H](O)CO[C@H](C)c2cccc(OC(C)C)c2CCC(=O)O)cc1F. The number of aliphatic hydroxyl groups excluding tert-OH is 1. The Balaban J connectivity index is 1.59. The van der Waals surface area contributed by atoms with Gasteiger partial charge in [-0.15, -0.1) is 0 Å². The molecule has 198 valence electrons. The van der Waals surface area contributed by atoms with E-state index in [1.807, 2.05) is 51.1 Å². The molecule has 2 aromatic rings. The Hall–Kier alpha value is -2.48. The third kappa shape index (κ3) is 8.02. The van der Waals surface area contributed by atoms with Crippen molar-refractivity contribution in [2.75, 3.05) is 19.7 Å². The summed E-state index contributed by atoms with van der Waals surface area (Å²) in [4.78, 5) is 13.5. The lowest BCUT2D eigenvalue weighted by molar-refractivity contribution is -0.136. The number of carboxylic acid groups (broad SMARTS) is 1.